The topological polar surface area (TPSA) is 67.4 Å². The number of ether oxygens (including phenoxy) is 1. The molecule has 1 aliphatic carbocycles. The maximum atomic E-state index is 11.9. The van der Waals surface area contributed by atoms with Crippen molar-refractivity contribution in [2.45, 2.75) is 43.1 Å². The largest absolute Gasteiger partial charge is 0.378 e. The molecule has 1 aliphatic rings. The fourth-order valence-electron chi connectivity index (χ4n) is 2.65. The normalized spacial score (nSPS) is 16.3. The van der Waals surface area contributed by atoms with E-state index in [1.807, 2.05) is 0 Å². The van der Waals surface area contributed by atoms with E-state index in [-0.39, 0.29) is 6.03 Å². The molecule has 5 nitrogen and oxygen atoms in total. The minimum Gasteiger partial charge on any atom is -0.378 e. The summed E-state index contributed by atoms with van der Waals surface area (Å²) >= 11 is 6.03. The lowest BCUT2D eigenvalue weighted by Gasteiger charge is -2.13. The molecule has 7 heteroatoms. The van der Waals surface area contributed by atoms with Crippen LogP contribution in [-0.2, 0) is 15.5 Å². The lowest BCUT2D eigenvalue weighted by Crippen LogP contribution is -2.30. The van der Waals surface area contributed by atoms with Crippen LogP contribution in [0.2, 0.25) is 5.02 Å². The summed E-state index contributed by atoms with van der Waals surface area (Å²) in [6.07, 6.45) is 7.52. The highest BCUT2D eigenvalue weighted by Gasteiger charge is 2.15. The fourth-order valence-corrected chi connectivity index (χ4v) is 3.92. The highest BCUT2D eigenvalue weighted by Crippen LogP contribution is 2.27. The second-order valence-electron chi connectivity index (χ2n) is 5.58. The lowest BCUT2D eigenvalue weighted by molar-refractivity contribution is 0.0572. The van der Waals surface area contributed by atoms with Crippen molar-refractivity contribution in [2.24, 2.45) is 0 Å². The molecule has 1 atom stereocenters. The van der Waals surface area contributed by atoms with E-state index in [2.05, 4.69) is 10.6 Å². The molecular formula is C16H23ClN2O3S. The van der Waals surface area contributed by atoms with Gasteiger partial charge in [-0.1, -0.05) is 30.5 Å². The molecule has 128 valence electrons. The summed E-state index contributed by atoms with van der Waals surface area (Å²) in [5, 5.41) is 5.85. The van der Waals surface area contributed by atoms with E-state index in [1.54, 1.807) is 18.2 Å². The minimum atomic E-state index is -1.27. The number of urea groups is 1. The summed E-state index contributed by atoms with van der Waals surface area (Å²) in [4.78, 5) is 12.4. The molecule has 1 aromatic carbocycles. The van der Waals surface area contributed by atoms with Gasteiger partial charge in [-0.25, -0.2) is 4.79 Å². The molecule has 2 rings (SSSR count). The Hall–Kier alpha value is -1.11. The zero-order chi connectivity index (χ0) is 16.7. The summed E-state index contributed by atoms with van der Waals surface area (Å²) < 4.78 is 17.5. The van der Waals surface area contributed by atoms with Crippen LogP contribution in [0.25, 0.3) is 0 Å². The minimum absolute atomic E-state index is 0.333. The first kappa shape index (κ1) is 18.2. The molecule has 2 N–H and O–H groups in total. The van der Waals surface area contributed by atoms with E-state index >= 15 is 0 Å². The zero-order valence-corrected chi connectivity index (χ0v) is 14.8. The number of anilines is 1. The molecule has 0 radical (unpaired) electrons. The number of hydrogen-bond acceptors (Lipinski definition) is 3. The van der Waals surface area contributed by atoms with Crippen molar-refractivity contribution in [1.82, 2.24) is 5.32 Å². The van der Waals surface area contributed by atoms with Gasteiger partial charge >= 0.3 is 6.03 Å². The van der Waals surface area contributed by atoms with Gasteiger partial charge in [0.1, 0.15) is 0 Å². The summed E-state index contributed by atoms with van der Waals surface area (Å²) in [6.45, 7) is 1.19. The monoisotopic (exact) mass is 358 g/mol. The van der Waals surface area contributed by atoms with Gasteiger partial charge in [0.05, 0.1) is 32.5 Å². The van der Waals surface area contributed by atoms with Crippen LogP contribution in [0.4, 0.5) is 10.5 Å². The number of amides is 2. The number of halogens is 1. The Morgan fingerprint density at radius 2 is 2.13 bits per heavy atom. The Bertz CT molecular complexity index is 562. The Morgan fingerprint density at radius 3 is 2.83 bits per heavy atom. The van der Waals surface area contributed by atoms with Gasteiger partial charge in [-0.3, -0.25) is 4.21 Å². The first-order valence-electron chi connectivity index (χ1n) is 7.86. The highest BCUT2D eigenvalue weighted by atomic mass is 35.5. The van der Waals surface area contributed by atoms with Gasteiger partial charge in [0.2, 0.25) is 0 Å². The fraction of sp³-hybridized carbons (Fsp3) is 0.562. The van der Waals surface area contributed by atoms with Gasteiger partial charge in [0, 0.05) is 19.4 Å². The van der Waals surface area contributed by atoms with E-state index in [9.17, 15) is 9.00 Å². The highest BCUT2D eigenvalue weighted by molar-refractivity contribution is 7.84. The van der Waals surface area contributed by atoms with Crippen molar-refractivity contribution in [1.29, 1.82) is 0 Å². The third-order valence-electron chi connectivity index (χ3n) is 3.77. The van der Waals surface area contributed by atoms with Crippen molar-refractivity contribution in [3.63, 3.8) is 0 Å². The number of rotatable bonds is 7. The predicted octanol–water partition coefficient (Wildman–Crippen LogP) is 3.55. The average molecular weight is 359 g/mol. The van der Waals surface area contributed by atoms with Crippen molar-refractivity contribution in [3.8, 4) is 0 Å². The van der Waals surface area contributed by atoms with Gasteiger partial charge in [-0.05, 0) is 31.4 Å². The zero-order valence-electron chi connectivity index (χ0n) is 13.3. The number of benzene rings is 1. The molecule has 23 heavy (non-hydrogen) atoms. The second-order valence-corrected chi connectivity index (χ2v) is 7.31. The summed E-state index contributed by atoms with van der Waals surface area (Å²) in [7, 11) is -1.27. The smallest absolute Gasteiger partial charge is 0.319 e. The molecule has 2 amide bonds. The number of nitrogens with one attached hydrogen (secondary N) is 2. The van der Waals surface area contributed by atoms with Crippen LogP contribution in [0.3, 0.4) is 0 Å². The summed E-state index contributed by atoms with van der Waals surface area (Å²) in [5.41, 5.74) is 0.470. The van der Waals surface area contributed by atoms with E-state index < -0.39 is 10.8 Å². The Balaban J connectivity index is 1.72. The average Bonchev–Trinajstić information content (AvgIpc) is 2.99. The van der Waals surface area contributed by atoms with Gasteiger partial charge in [-0.2, -0.15) is 0 Å². The van der Waals surface area contributed by atoms with E-state index in [0.29, 0.717) is 34.9 Å². The van der Waals surface area contributed by atoms with Crippen molar-refractivity contribution >= 4 is 34.1 Å². The molecule has 0 spiro atoms. The van der Waals surface area contributed by atoms with Gasteiger partial charge in [0.25, 0.3) is 0 Å². The third-order valence-corrected chi connectivity index (χ3v) is 5.21. The molecule has 1 aromatic rings. The number of carbonyl (C=O) groups excluding carboxylic acids is 1. The van der Waals surface area contributed by atoms with E-state index in [0.717, 1.165) is 19.3 Å². The summed E-state index contributed by atoms with van der Waals surface area (Å²) in [5.74, 6) is 0. The van der Waals surface area contributed by atoms with E-state index in [4.69, 9.17) is 16.3 Å². The quantitative estimate of drug-likeness (QED) is 0.732. The molecule has 0 bridgehead atoms. The number of carbonyl (C=O) groups is 1. The maximum absolute atomic E-state index is 11.9. The van der Waals surface area contributed by atoms with Gasteiger partial charge in [0.15, 0.2) is 0 Å². The van der Waals surface area contributed by atoms with Crippen LogP contribution in [0, 0.1) is 0 Å². The van der Waals surface area contributed by atoms with E-state index in [1.165, 1.54) is 19.1 Å². The third kappa shape index (κ3) is 5.79. The Labute approximate surface area is 144 Å². The Kier molecular flexibility index (Phi) is 7.33. The molecule has 0 aliphatic heterocycles. The SMILES string of the molecule is C[S@@](=O)c1c(Cl)cccc1NC(=O)NCCCOC1CCCC1. The molecule has 0 heterocycles. The van der Waals surface area contributed by atoms with Gasteiger partial charge in [-0.15, -0.1) is 0 Å². The van der Waals surface area contributed by atoms with Crippen LogP contribution in [0.15, 0.2) is 23.1 Å². The molecular weight excluding hydrogens is 336 g/mol. The Morgan fingerprint density at radius 1 is 1.39 bits per heavy atom. The number of hydrogen-bond donors (Lipinski definition) is 2. The second kappa shape index (κ2) is 9.25. The standard InChI is InChI=1S/C16H23ClN2O3S/c1-23(21)15-13(17)8-4-9-14(15)19-16(20)18-10-5-11-22-12-6-2-3-7-12/h4,8-9,12H,2-3,5-7,10-11H2,1H3,(H2,18,19,20)/t23-/m1/s1. The summed E-state index contributed by atoms with van der Waals surface area (Å²) in [6, 6.07) is 4.72. The maximum Gasteiger partial charge on any atom is 0.319 e. The molecule has 1 fully saturated rings. The lowest BCUT2D eigenvalue weighted by atomic mass is 10.3. The van der Waals surface area contributed by atoms with Crippen LogP contribution in [-0.4, -0.2) is 35.8 Å². The van der Waals surface area contributed by atoms with Crippen LogP contribution in [0.1, 0.15) is 32.1 Å². The first-order chi connectivity index (χ1) is 11.1. The van der Waals surface area contributed by atoms with Gasteiger partial charge < -0.3 is 15.4 Å². The van der Waals surface area contributed by atoms with Crippen LogP contribution < -0.4 is 10.6 Å². The van der Waals surface area contributed by atoms with Crippen LogP contribution >= 0.6 is 11.6 Å². The van der Waals surface area contributed by atoms with Crippen molar-refractivity contribution in [3.05, 3.63) is 23.2 Å². The molecule has 0 unspecified atom stereocenters. The molecule has 0 saturated heterocycles. The van der Waals surface area contributed by atoms with Crippen molar-refractivity contribution in [2.75, 3.05) is 24.7 Å². The molecule has 0 aromatic heterocycles. The van der Waals surface area contributed by atoms with Crippen molar-refractivity contribution < 1.29 is 13.7 Å². The van der Waals surface area contributed by atoms with Crippen LogP contribution in [0.5, 0.6) is 0 Å². The predicted molar refractivity (Wildman–Crippen MR) is 93.6 cm³/mol. The molecule has 1 saturated carbocycles. The first-order valence-corrected chi connectivity index (χ1v) is 9.80.